The lowest BCUT2D eigenvalue weighted by atomic mass is 10.2. The van der Waals surface area contributed by atoms with Gasteiger partial charge in [0.05, 0.1) is 0 Å². The number of carbonyl (C=O) groups is 2. The van der Waals surface area contributed by atoms with E-state index in [0.29, 0.717) is 12.2 Å². The van der Waals surface area contributed by atoms with Gasteiger partial charge in [-0.05, 0) is 31.2 Å². The number of nitrogens with zero attached hydrogens (tertiary/aromatic N) is 2. The average Bonchev–Trinajstić information content (AvgIpc) is 2.35. The Balaban J connectivity index is 3.01. The number of carbonyl (C=O) groups excluding carboxylic acids is 1. The largest absolute Gasteiger partial charge is 0.508 e. The van der Waals surface area contributed by atoms with E-state index in [0.717, 1.165) is 4.90 Å². The van der Waals surface area contributed by atoms with Crippen molar-refractivity contribution < 1.29 is 19.8 Å². The van der Waals surface area contributed by atoms with E-state index in [1.165, 1.54) is 29.2 Å². The average molecular weight is 252 g/mol. The Bertz CT molecular complexity index is 430. The summed E-state index contributed by atoms with van der Waals surface area (Å²) in [5, 5.41) is 18.0. The van der Waals surface area contributed by atoms with Crippen molar-refractivity contribution in [1.82, 2.24) is 4.90 Å². The number of aliphatic carboxylic acids is 1. The van der Waals surface area contributed by atoms with Crippen molar-refractivity contribution in [3.63, 3.8) is 0 Å². The molecular formula is C12H16N2O4. The Morgan fingerprint density at radius 3 is 2.22 bits per heavy atom. The molecule has 2 amide bonds. The van der Waals surface area contributed by atoms with Crippen LogP contribution in [0.1, 0.15) is 6.92 Å². The molecule has 0 atom stereocenters. The van der Waals surface area contributed by atoms with Crippen LogP contribution in [-0.2, 0) is 4.79 Å². The molecule has 0 radical (unpaired) electrons. The molecule has 6 heteroatoms. The highest BCUT2D eigenvalue weighted by Crippen LogP contribution is 2.19. The number of anilines is 1. The summed E-state index contributed by atoms with van der Waals surface area (Å²) in [4.78, 5) is 25.4. The SMILES string of the molecule is CCN(C)C(=O)N(CC(=O)O)c1ccc(O)cc1. The maximum Gasteiger partial charge on any atom is 0.324 e. The van der Waals surface area contributed by atoms with Crippen molar-refractivity contribution in [3.8, 4) is 5.75 Å². The number of phenols is 1. The van der Waals surface area contributed by atoms with Crippen LogP contribution in [0.15, 0.2) is 24.3 Å². The molecule has 0 heterocycles. The molecule has 0 saturated carbocycles. The lowest BCUT2D eigenvalue weighted by Gasteiger charge is -2.26. The van der Waals surface area contributed by atoms with Gasteiger partial charge in [0.1, 0.15) is 12.3 Å². The first kappa shape index (κ1) is 13.8. The second kappa shape index (κ2) is 5.90. The fraction of sp³-hybridized carbons (Fsp3) is 0.333. The summed E-state index contributed by atoms with van der Waals surface area (Å²) in [5.41, 5.74) is 0.431. The third-order valence-corrected chi connectivity index (χ3v) is 2.49. The molecule has 0 aliphatic carbocycles. The summed E-state index contributed by atoms with van der Waals surface area (Å²) in [6.07, 6.45) is 0. The minimum Gasteiger partial charge on any atom is -0.508 e. The van der Waals surface area contributed by atoms with Crippen LogP contribution < -0.4 is 4.90 Å². The van der Waals surface area contributed by atoms with Crippen molar-refractivity contribution in [2.45, 2.75) is 6.92 Å². The molecule has 0 fully saturated rings. The first-order chi connectivity index (χ1) is 8.45. The van der Waals surface area contributed by atoms with E-state index >= 15 is 0 Å². The molecule has 18 heavy (non-hydrogen) atoms. The van der Waals surface area contributed by atoms with Gasteiger partial charge in [0.2, 0.25) is 0 Å². The highest BCUT2D eigenvalue weighted by Gasteiger charge is 2.21. The Hall–Kier alpha value is -2.24. The minimum atomic E-state index is -1.10. The lowest BCUT2D eigenvalue weighted by molar-refractivity contribution is -0.135. The molecule has 0 aliphatic rings. The van der Waals surface area contributed by atoms with E-state index in [9.17, 15) is 14.7 Å². The molecule has 2 N–H and O–H groups in total. The first-order valence-electron chi connectivity index (χ1n) is 5.49. The monoisotopic (exact) mass is 252 g/mol. The second-order valence-electron chi connectivity index (χ2n) is 3.79. The van der Waals surface area contributed by atoms with Crippen LogP contribution >= 0.6 is 0 Å². The zero-order valence-electron chi connectivity index (χ0n) is 10.3. The molecule has 0 spiro atoms. The molecule has 0 saturated heterocycles. The van der Waals surface area contributed by atoms with E-state index in [2.05, 4.69) is 0 Å². The van der Waals surface area contributed by atoms with Crippen molar-refractivity contribution >= 4 is 17.7 Å². The maximum atomic E-state index is 12.0. The molecule has 98 valence electrons. The summed E-state index contributed by atoms with van der Waals surface area (Å²) >= 11 is 0. The second-order valence-corrected chi connectivity index (χ2v) is 3.79. The van der Waals surface area contributed by atoms with Gasteiger partial charge >= 0.3 is 12.0 Å². The number of aromatic hydroxyl groups is 1. The molecule has 1 aromatic carbocycles. The van der Waals surface area contributed by atoms with Crippen molar-refractivity contribution in [2.24, 2.45) is 0 Å². The van der Waals surface area contributed by atoms with Crippen molar-refractivity contribution in [1.29, 1.82) is 0 Å². The Labute approximate surface area is 105 Å². The van der Waals surface area contributed by atoms with Crippen LogP contribution in [0.25, 0.3) is 0 Å². The summed E-state index contributed by atoms with van der Waals surface area (Å²) < 4.78 is 0. The molecule has 0 aliphatic heterocycles. The molecule has 1 aromatic rings. The summed E-state index contributed by atoms with van der Waals surface area (Å²) in [6.45, 7) is 1.86. The third-order valence-electron chi connectivity index (χ3n) is 2.49. The number of phenolic OH excluding ortho intramolecular Hbond substituents is 1. The van der Waals surface area contributed by atoms with Crippen LogP contribution in [0, 0.1) is 0 Å². The standard InChI is InChI=1S/C12H16N2O4/c1-3-13(2)12(18)14(8-11(16)17)9-4-6-10(15)7-5-9/h4-7,15H,3,8H2,1-2H3,(H,16,17). The maximum absolute atomic E-state index is 12.0. The fourth-order valence-electron chi connectivity index (χ4n) is 1.38. The smallest absolute Gasteiger partial charge is 0.324 e. The van der Waals surface area contributed by atoms with E-state index in [-0.39, 0.29) is 5.75 Å². The quantitative estimate of drug-likeness (QED) is 0.847. The molecule has 1 rings (SSSR count). The minimum absolute atomic E-state index is 0.0605. The zero-order valence-corrected chi connectivity index (χ0v) is 10.3. The molecule has 0 bridgehead atoms. The summed E-state index contributed by atoms with van der Waals surface area (Å²) in [7, 11) is 1.59. The highest BCUT2D eigenvalue weighted by atomic mass is 16.4. The van der Waals surface area contributed by atoms with E-state index in [1.807, 2.05) is 0 Å². The van der Waals surface area contributed by atoms with Gasteiger partial charge in [-0.15, -0.1) is 0 Å². The number of hydrogen-bond donors (Lipinski definition) is 2. The summed E-state index contributed by atoms with van der Waals surface area (Å²) in [5.74, 6) is -1.04. The molecular weight excluding hydrogens is 236 g/mol. The van der Waals surface area contributed by atoms with Crippen LogP contribution in [0.5, 0.6) is 5.75 Å². The first-order valence-corrected chi connectivity index (χ1v) is 5.49. The van der Waals surface area contributed by atoms with Gasteiger partial charge in [-0.3, -0.25) is 9.69 Å². The number of carboxylic acid groups (broad SMARTS) is 1. The van der Waals surface area contributed by atoms with Gasteiger partial charge in [-0.2, -0.15) is 0 Å². The Morgan fingerprint density at radius 2 is 1.78 bits per heavy atom. The van der Waals surface area contributed by atoms with E-state index in [4.69, 9.17) is 5.11 Å². The topological polar surface area (TPSA) is 81.1 Å². The van der Waals surface area contributed by atoms with E-state index < -0.39 is 18.5 Å². The lowest BCUT2D eigenvalue weighted by Crippen LogP contribution is -2.43. The van der Waals surface area contributed by atoms with Crippen molar-refractivity contribution in [2.75, 3.05) is 25.0 Å². The van der Waals surface area contributed by atoms with Crippen molar-refractivity contribution in [3.05, 3.63) is 24.3 Å². The normalized spacial score (nSPS) is 9.89. The zero-order chi connectivity index (χ0) is 13.7. The molecule has 0 aromatic heterocycles. The highest BCUT2D eigenvalue weighted by molar-refractivity contribution is 5.96. The van der Waals surface area contributed by atoms with Gasteiger partial charge in [0.15, 0.2) is 0 Å². The van der Waals surface area contributed by atoms with Gasteiger partial charge in [0.25, 0.3) is 0 Å². The van der Waals surface area contributed by atoms with Crippen LogP contribution in [0.3, 0.4) is 0 Å². The van der Waals surface area contributed by atoms with Gasteiger partial charge in [0, 0.05) is 19.3 Å². The van der Waals surface area contributed by atoms with Gasteiger partial charge in [-0.1, -0.05) is 0 Å². The van der Waals surface area contributed by atoms with Gasteiger partial charge in [-0.25, -0.2) is 4.79 Å². The van der Waals surface area contributed by atoms with Gasteiger partial charge < -0.3 is 15.1 Å². The summed E-state index contributed by atoms with van der Waals surface area (Å²) in [6, 6.07) is 5.41. The van der Waals surface area contributed by atoms with Crippen LogP contribution in [0.2, 0.25) is 0 Å². The number of rotatable bonds is 4. The molecule has 0 unspecified atom stereocenters. The van der Waals surface area contributed by atoms with E-state index in [1.54, 1.807) is 14.0 Å². The predicted octanol–water partition coefficient (Wildman–Crippen LogP) is 1.35. The number of amides is 2. The molecule has 6 nitrogen and oxygen atoms in total. The predicted molar refractivity (Wildman–Crippen MR) is 66.8 cm³/mol. The number of benzene rings is 1. The number of hydrogen-bond acceptors (Lipinski definition) is 3. The Kier molecular flexibility index (Phi) is 4.53. The number of carboxylic acids is 1. The third kappa shape index (κ3) is 3.38. The van der Waals surface area contributed by atoms with Crippen LogP contribution in [0.4, 0.5) is 10.5 Å². The number of urea groups is 1. The fourth-order valence-corrected chi connectivity index (χ4v) is 1.38. The Morgan fingerprint density at radius 1 is 1.22 bits per heavy atom. The van der Waals surface area contributed by atoms with Crippen LogP contribution in [-0.4, -0.2) is 47.3 Å².